The van der Waals surface area contributed by atoms with Crippen molar-refractivity contribution in [3.63, 3.8) is 0 Å². The minimum atomic E-state index is -0.862. The van der Waals surface area contributed by atoms with Crippen molar-refractivity contribution in [2.45, 2.75) is 64.5 Å². The number of hydrogen-bond donors (Lipinski definition) is 1. The van der Waals surface area contributed by atoms with E-state index in [-0.39, 0.29) is 25.0 Å². The van der Waals surface area contributed by atoms with Gasteiger partial charge in [0.15, 0.2) is 0 Å². The smallest absolute Gasteiger partial charge is 0.320 e. The molecule has 0 aromatic heterocycles. The summed E-state index contributed by atoms with van der Waals surface area (Å²) in [4.78, 5) is 26.6. The van der Waals surface area contributed by atoms with Gasteiger partial charge < -0.3 is 14.9 Å². The van der Waals surface area contributed by atoms with Crippen LogP contribution in [0.3, 0.4) is 0 Å². The van der Waals surface area contributed by atoms with Crippen molar-refractivity contribution >= 4 is 12.0 Å². The number of carboxylic acid groups (broad SMARTS) is 1. The monoisotopic (exact) mass is 270 g/mol. The molecule has 0 atom stereocenters. The summed E-state index contributed by atoms with van der Waals surface area (Å²) in [6.45, 7) is 4.13. The summed E-state index contributed by atoms with van der Waals surface area (Å²) in [6, 6.07) is 0.299. The highest BCUT2D eigenvalue weighted by Gasteiger charge is 2.27. The molecule has 19 heavy (non-hydrogen) atoms. The minimum absolute atomic E-state index is 0.00241. The van der Waals surface area contributed by atoms with E-state index in [1.165, 1.54) is 19.3 Å². The molecule has 2 amide bonds. The van der Waals surface area contributed by atoms with E-state index in [0.29, 0.717) is 6.04 Å². The van der Waals surface area contributed by atoms with Crippen molar-refractivity contribution in [2.75, 3.05) is 13.6 Å². The van der Waals surface area contributed by atoms with Gasteiger partial charge in [0.1, 0.15) is 0 Å². The molecule has 0 bridgehead atoms. The Morgan fingerprint density at radius 2 is 1.79 bits per heavy atom. The van der Waals surface area contributed by atoms with E-state index in [1.807, 2.05) is 20.9 Å². The lowest BCUT2D eigenvalue weighted by molar-refractivity contribution is -0.137. The highest BCUT2D eigenvalue weighted by Crippen LogP contribution is 2.22. The van der Waals surface area contributed by atoms with E-state index in [9.17, 15) is 9.59 Å². The van der Waals surface area contributed by atoms with E-state index in [4.69, 9.17) is 5.11 Å². The molecular formula is C14H26N2O3. The molecule has 0 aromatic rings. The molecule has 0 unspecified atom stereocenters. The summed E-state index contributed by atoms with van der Waals surface area (Å²) >= 11 is 0. The molecule has 1 fully saturated rings. The van der Waals surface area contributed by atoms with Gasteiger partial charge in [-0.3, -0.25) is 4.79 Å². The van der Waals surface area contributed by atoms with Gasteiger partial charge in [-0.1, -0.05) is 19.3 Å². The van der Waals surface area contributed by atoms with Gasteiger partial charge >= 0.3 is 12.0 Å². The molecule has 110 valence electrons. The lowest BCUT2D eigenvalue weighted by atomic mass is 9.94. The van der Waals surface area contributed by atoms with Gasteiger partial charge in [0.25, 0.3) is 0 Å². The maximum absolute atomic E-state index is 12.5. The van der Waals surface area contributed by atoms with Crippen LogP contribution in [0.2, 0.25) is 0 Å². The average molecular weight is 270 g/mol. The molecule has 0 spiro atoms. The van der Waals surface area contributed by atoms with Crippen molar-refractivity contribution in [1.29, 1.82) is 0 Å². The molecule has 1 rings (SSSR count). The second-order valence-corrected chi connectivity index (χ2v) is 5.62. The van der Waals surface area contributed by atoms with E-state index in [1.54, 1.807) is 9.80 Å². The number of carboxylic acids is 1. The summed E-state index contributed by atoms with van der Waals surface area (Å²) in [5.74, 6) is -0.862. The fourth-order valence-electron chi connectivity index (χ4n) is 2.62. The molecule has 5 nitrogen and oxygen atoms in total. The molecular weight excluding hydrogens is 244 g/mol. The predicted octanol–water partition coefficient (Wildman–Crippen LogP) is 2.56. The highest BCUT2D eigenvalue weighted by atomic mass is 16.4. The summed E-state index contributed by atoms with van der Waals surface area (Å²) in [5.41, 5.74) is 0. The van der Waals surface area contributed by atoms with Gasteiger partial charge in [0, 0.05) is 25.7 Å². The number of urea groups is 1. The fraction of sp³-hybridized carbons (Fsp3) is 0.857. The van der Waals surface area contributed by atoms with Crippen molar-refractivity contribution in [3.05, 3.63) is 0 Å². The number of rotatable bonds is 5. The highest BCUT2D eigenvalue weighted by molar-refractivity contribution is 5.76. The predicted molar refractivity (Wildman–Crippen MR) is 74.1 cm³/mol. The number of amides is 2. The summed E-state index contributed by atoms with van der Waals surface area (Å²) in [6.07, 6.45) is 5.74. The number of hydrogen-bond acceptors (Lipinski definition) is 2. The Bertz CT molecular complexity index is 312. The van der Waals surface area contributed by atoms with Crippen molar-refractivity contribution in [3.8, 4) is 0 Å². The maximum Gasteiger partial charge on any atom is 0.320 e. The molecule has 0 saturated heterocycles. The van der Waals surface area contributed by atoms with E-state index < -0.39 is 5.97 Å². The largest absolute Gasteiger partial charge is 0.481 e. The molecule has 1 saturated carbocycles. The number of carbonyl (C=O) groups is 2. The minimum Gasteiger partial charge on any atom is -0.481 e. The van der Waals surface area contributed by atoms with Gasteiger partial charge in [0.05, 0.1) is 6.42 Å². The third-order valence-electron chi connectivity index (χ3n) is 3.86. The Labute approximate surface area is 115 Å². The Kier molecular flexibility index (Phi) is 6.12. The van der Waals surface area contributed by atoms with Gasteiger partial charge in [-0.25, -0.2) is 4.79 Å². The molecule has 0 aromatic carbocycles. The molecule has 0 aliphatic heterocycles. The topological polar surface area (TPSA) is 60.9 Å². The van der Waals surface area contributed by atoms with Crippen LogP contribution in [0.25, 0.3) is 0 Å². The Morgan fingerprint density at radius 3 is 2.26 bits per heavy atom. The standard InChI is InChI=1S/C14H26N2O3/c1-11(2)16(10-9-13(17)18)14(19)15(3)12-7-5-4-6-8-12/h11-12H,4-10H2,1-3H3,(H,17,18). The second-order valence-electron chi connectivity index (χ2n) is 5.62. The van der Waals surface area contributed by atoms with E-state index in [0.717, 1.165) is 12.8 Å². The lowest BCUT2D eigenvalue weighted by Crippen LogP contribution is -2.49. The number of nitrogens with zero attached hydrogens (tertiary/aromatic N) is 2. The Balaban J connectivity index is 2.61. The molecule has 1 aliphatic rings. The van der Waals surface area contributed by atoms with Gasteiger partial charge in [0.2, 0.25) is 0 Å². The van der Waals surface area contributed by atoms with Crippen LogP contribution in [-0.2, 0) is 4.79 Å². The number of carbonyl (C=O) groups excluding carboxylic acids is 1. The Morgan fingerprint density at radius 1 is 1.21 bits per heavy atom. The van der Waals surface area contributed by atoms with Crippen molar-refractivity contribution in [2.24, 2.45) is 0 Å². The molecule has 5 heteroatoms. The van der Waals surface area contributed by atoms with Crippen LogP contribution in [0, 0.1) is 0 Å². The molecule has 1 aliphatic carbocycles. The summed E-state index contributed by atoms with van der Waals surface area (Å²) in [5, 5.41) is 8.76. The number of aliphatic carboxylic acids is 1. The summed E-state index contributed by atoms with van der Waals surface area (Å²) in [7, 11) is 1.84. The maximum atomic E-state index is 12.5. The first-order chi connectivity index (χ1) is 8.93. The van der Waals surface area contributed by atoms with Crippen LogP contribution in [-0.4, -0.2) is 52.6 Å². The van der Waals surface area contributed by atoms with Crippen LogP contribution in [0.1, 0.15) is 52.4 Å². The first kappa shape index (κ1) is 15.8. The zero-order valence-electron chi connectivity index (χ0n) is 12.3. The van der Waals surface area contributed by atoms with Crippen LogP contribution < -0.4 is 0 Å². The zero-order chi connectivity index (χ0) is 14.4. The SMILES string of the molecule is CC(C)N(CCC(=O)O)C(=O)N(C)C1CCCCC1. The van der Waals surface area contributed by atoms with Crippen LogP contribution in [0.15, 0.2) is 0 Å². The third kappa shape index (κ3) is 4.73. The molecule has 0 heterocycles. The van der Waals surface area contributed by atoms with E-state index in [2.05, 4.69) is 0 Å². The van der Waals surface area contributed by atoms with Crippen LogP contribution in [0.4, 0.5) is 4.79 Å². The molecule has 1 N–H and O–H groups in total. The Hall–Kier alpha value is -1.26. The van der Waals surface area contributed by atoms with Crippen molar-refractivity contribution in [1.82, 2.24) is 9.80 Å². The van der Waals surface area contributed by atoms with Crippen LogP contribution >= 0.6 is 0 Å². The normalized spacial score (nSPS) is 16.4. The first-order valence-electron chi connectivity index (χ1n) is 7.18. The average Bonchev–Trinajstić information content (AvgIpc) is 2.38. The summed E-state index contributed by atoms with van der Waals surface area (Å²) < 4.78 is 0. The van der Waals surface area contributed by atoms with Gasteiger partial charge in [-0.2, -0.15) is 0 Å². The molecule has 0 radical (unpaired) electrons. The fourth-order valence-corrected chi connectivity index (χ4v) is 2.62. The van der Waals surface area contributed by atoms with Crippen molar-refractivity contribution < 1.29 is 14.7 Å². The van der Waals surface area contributed by atoms with Gasteiger partial charge in [-0.05, 0) is 26.7 Å². The van der Waals surface area contributed by atoms with Gasteiger partial charge in [-0.15, -0.1) is 0 Å². The zero-order valence-corrected chi connectivity index (χ0v) is 12.3. The first-order valence-corrected chi connectivity index (χ1v) is 7.18. The third-order valence-corrected chi connectivity index (χ3v) is 3.86. The van der Waals surface area contributed by atoms with E-state index >= 15 is 0 Å². The lowest BCUT2D eigenvalue weighted by Gasteiger charge is -2.37. The quantitative estimate of drug-likeness (QED) is 0.835. The second kappa shape index (κ2) is 7.36. The van der Waals surface area contributed by atoms with Crippen LogP contribution in [0.5, 0.6) is 0 Å².